The third-order valence-corrected chi connectivity index (χ3v) is 14.4. The van der Waals surface area contributed by atoms with E-state index >= 15 is 0 Å². The zero-order chi connectivity index (χ0) is 44.0. The number of hydrogen-bond donors (Lipinski definition) is 3. The number of sulfonamides is 1. The van der Waals surface area contributed by atoms with Crippen molar-refractivity contribution in [3.05, 3.63) is 42.5 Å². The van der Waals surface area contributed by atoms with Crippen molar-refractivity contribution >= 4 is 44.6 Å². The number of aromatic nitrogens is 1. The fourth-order valence-electron chi connectivity index (χ4n) is 7.92. The van der Waals surface area contributed by atoms with Crippen molar-refractivity contribution in [1.82, 2.24) is 25.2 Å². The minimum atomic E-state index is -4.45. The van der Waals surface area contributed by atoms with E-state index in [1.807, 2.05) is 43.7 Å². The van der Waals surface area contributed by atoms with Crippen molar-refractivity contribution in [1.29, 1.82) is 0 Å². The van der Waals surface area contributed by atoms with Crippen LogP contribution in [-0.4, -0.2) is 101 Å². The van der Waals surface area contributed by atoms with Crippen molar-refractivity contribution in [2.24, 2.45) is 17.8 Å². The van der Waals surface area contributed by atoms with Crippen molar-refractivity contribution < 1.29 is 55.0 Å². The number of carbonyl (C=O) groups is 4. The summed E-state index contributed by atoms with van der Waals surface area (Å²) >= 11 is 0. The number of allylic oxidation sites excluding steroid dienone is 1. The van der Waals surface area contributed by atoms with Gasteiger partial charge in [0.1, 0.15) is 35.1 Å². The summed E-state index contributed by atoms with van der Waals surface area (Å²) in [5, 5.41) is 6.68. The number of fused-ring (bicyclic) bond motifs is 3. The van der Waals surface area contributed by atoms with Crippen molar-refractivity contribution in [3.63, 3.8) is 0 Å². The molecule has 330 valence electrons. The minimum absolute atomic E-state index is 0.0166. The van der Waals surface area contributed by atoms with Crippen LogP contribution in [0.4, 0.5) is 18.0 Å². The van der Waals surface area contributed by atoms with Crippen LogP contribution in [0.25, 0.3) is 10.8 Å². The molecule has 3 N–H and O–H groups in total. The fourth-order valence-corrected chi connectivity index (χ4v) is 9.35. The van der Waals surface area contributed by atoms with E-state index in [9.17, 15) is 40.8 Å². The predicted octanol–water partition coefficient (Wildman–Crippen LogP) is 5.73. The molecule has 7 unspecified atom stereocenters. The number of ether oxygens (including phenoxy) is 3. The van der Waals surface area contributed by atoms with Gasteiger partial charge in [-0.05, 0) is 89.5 Å². The number of nitrogens with zero attached hydrogens (tertiary/aromatic N) is 2. The Hall–Kier alpha value is -4.61. The van der Waals surface area contributed by atoms with Gasteiger partial charge in [-0.15, -0.1) is 0 Å². The van der Waals surface area contributed by atoms with Gasteiger partial charge >= 0.3 is 6.09 Å². The molecule has 14 nitrogen and oxygen atoms in total. The molecule has 0 radical (unpaired) electrons. The maximum Gasteiger partial charge on any atom is 0.408 e. The highest BCUT2D eigenvalue weighted by Gasteiger charge is 2.64. The standard InChI is InChI=1S/C42H56F3N5O9S/c1-24(2)57-32-19-27-13-9-11-15-30(27)35(46-32)58-29-20-31-34(51)48-42(37(53)49-60(55,56)41(23-43)16-17-41)21-28(42)14-10-8-12-25(3)18-26(4)33(36(52)50(31)22-29)47-38(54)59-39(5,6)40(7,44)45/h9-11,13-15,19,24-26,28-29,31,33H,8,12,16-18,20-23H2,1-7H3,(H,47,54)(H,48,51)(H,49,53). The number of nitrogens with one attached hydrogen (secondary N) is 3. The predicted molar refractivity (Wildman–Crippen MR) is 215 cm³/mol. The first kappa shape index (κ1) is 44.9. The number of carbonyl (C=O) groups excluding carboxylic acids is 4. The third kappa shape index (κ3) is 9.32. The van der Waals surface area contributed by atoms with Crippen LogP contribution in [0, 0.1) is 17.8 Å². The van der Waals surface area contributed by atoms with Crippen LogP contribution >= 0.6 is 0 Å². The van der Waals surface area contributed by atoms with Gasteiger partial charge in [0, 0.05) is 30.7 Å². The third-order valence-electron chi connectivity index (χ3n) is 12.3. The maximum absolute atomic E-state index is 14.9. The summed E-state index contributed by atoms with van der Waals surface area (Å²) < 4.78 is 87.1. The molecule has 0 spiro atoms. The molecular formula is C42H56F3N5O9S. The maximum atomic E-state index is 14.9. The van der Waals surface area contributed by atoms with Gasteiger partial charge in [-0.1, -0.05) is 44.2 Å². The highest BCUT2D eigenvalue weighted by atomic mass is 32.2. The molecule has 18 heteroatoms. The van der Waals surface area contributed by atoms with E-state index in [4.69, 9.17) is 14.2 Å². The molecule has 6 rings (SSSR count). The Kier molecular flexibility index (Phi) is 12.5. The molecule has 3 heterocycles. The molecule has 2 aromatic rings. The van der Waals surface area contributed by atoms with E-state index in [0.717, 1.165) is 19.2 Å². The van der Waals surface area contributed by atoms with Crippen LogP contribution in [0.2, 0.25) is 0 Å². The van der Waals surface area contributed by atoms with Gasteiger partial charge in [-0.3, -0.25) is 19.1 Å². The second-order valence-electron chi connectivity index (χ2n) is 17.9. The molecule has 7 atom stereocenters. The number of halogens is 3. The van der Waals surface area contributed by atoms with E-state index < -0.39 is 92.3 Å². The Bertz CT molecular complexity index is 2130. The van der Waals surface area contributed by atoms with Gasteiger partial charge < -0.3 is 29.7 Å². The highest BCUT2D eigenvalue weighted by molar-refractivity contribution is 7.91. The summed E-state index contributed by atoms with van der Waals surface area (Å²) in [5.74, 6) is -6.75. The van der Waals surface area contributed by atoms with Crippen LogP contribution in [0.1, 0.15) is 93.4 Å². The number of hydrogen-bond acceptors (Lipinski definition) is 10. The number of alkyl halides is 3. The van der Waals surface area contributed by atoms with Gasteiger partial charge in [-0.2, -0.15) is 4.98 Å². The number of benzene rings is 1. The highest BCUT2D eigenvalue weighted by Crippen LogP contribution is 2.48. The van der Waals surface area contributed by atoms with Crippen molar-refractivity contribution in [3.8, 4) is 11.8 Å². The topological polar surface area (TPSA) is 182 Å². The van der Waals surface area contributed by atoms with Gasteiger partial charge in [-0.25, -0.2) is 26.4 Å². The van der Waals surface area contributed by atoms with E-state index in [-0.39, 0.29) is 56.0 Å². The summed E-state index contributed by atoms with van der Waals surface area (Å²) in [6, 6.07) is 6.35. The van der Waals surface area contributed by atoms with Crippen molar-refractivity contribution in [2.45, 2.75) is 140 Å². The summed E-state index contributed by atoms with van der Waals surface area (Å²) in [6.07, 6.45) is 2.81. The largest absolute Gasteiger partial charge is 0.475 e. The number of amides is 4. The zero-order valence-corrected chi connectivity index (χ0v) is 35.9. The molecule has 3 fully saturated rings. The Morgan fingerprint density at radius 1 is 1.10 bits per heavy atom. The second-order valence-corrected chi connectivity index (χ2v) is 20.0. The van der Waals surface area contributed by atoms with Gasteiger partial charge in [0.15, 0.2) is 5.60 Å². The van der Waals surface area contributed by atoms with E-state index in [1.54, 1.807) is 31.2 Å². The monoisotopic (exact) mass is 863 g/mol. The van der Waals surface area contributed by atoms with Gasteiger partial charge in [0.2, 0.25) is 33.6 Å². The molecule has 2 aliphatic carbocycles. The van der Waals surface area contributed by atoms with E-state index in [2.05, 4.69) is 15.6 Å². The molecule has 1 aromatic heterocycles. The Morgan fingerprint density at radius 3 is 2.45 bits per heavy atom. The summed E-state index contributed by atoms with van der Waals surface area (Å²) in [7, 11) is -4.45. The fraction of sp³-hybridized carbons (Fsp3) is 0.643. The lowest BCUT2D eigenvalue weighted by atomic mass is 9.88. The second kappa shape index (κ2) is 16.7. The van der Waals surface area contributed by atoms with Gasteiger partial charge in [0.25, 0.3) is 11.8 Å². The molecular weight excluding hydrogens is 808 g/mol. The first-order chi connectivity index (χ1) is 28.0. The quantitative estimate of drug-likeness (QED) is 0.236. The first-order valence-electron chi connectivity index (χ1n) is 20.5. The zero-order valence-electron chi connectivity index (χ0n) is 35.1. The van der Waals surface area contributed by atoms with Crippen LogP contribution in [0.5, 0.6) is 11.8 Å². The minimum Gasteiger partial charge on any atom is -0.475 e. The lowest BCUT2D eigenvalue weighted by molar-refractivity contribution is -0.152. The summed E-state index contributed by atoms with van der Waals surface area (Å²) in [4.78, 5) is 62.6. The average molecular weight is 864 g/mol. The summed E-state index contributed by atoms with van der Waals surface area (Å²) in [5.41, 5.74) is -3.98. The van der Waals surface area contributed by atoms with Crippen LogP contribution in [0.15, 0.2) is 42.5 Å². The van der Waals surface area contributed by atoms with Gasteiger partial charge in [0.05, 0.1) is 12.6 Å². The summed E-state index contributed by atoms with van der Waals surface area (Å²) in [6.45, 7) is 8.72. The molecule has 2 aliphatic heterocycles. The normalized spacial score (nSPS) is 28.4. The smallest absolute Gasteiger partial charge is 0.408 e. The Labute approximate surface area is 348 Å². The number of rotatable bonds is 11. The molecule has 4 aliphatic rings. The van der Waals surface area contributed by atoms with Crippen molar-refractivity contribution in [2.75, 3.05) is 13.2 Å². The lowest BCUT2D eigenvalue weighted by Crippen LogP contribution is -2.60. The molecule has 2 saturated carbocycles. The SMILES string of the molecule is CC1CCC=CC2CC2(C(=O)NS(=O)(=O)C2(CF)CC2)NC(=O)C2CC(Oc3nc(OC(C)C)cc4ccccc34)CN2C(=O)C(NC(=O)OC(C)(C)C(C)(F)F)C(C)C1. The number of alkyl carbamates (subject to hydrolysis) is 1. The van der Waals surface area contributed by atoms with E-state index in [0.29, 0.717) is 31.6 Å². The van der Waals surface area contributed by atoms with E-state index in [1.165, 1.54) is 4.90 Å². The first-order valence-corrected chi connectivity index (χ1v) is 22.0. The Balaban J connectivity index is 1.37. The van der Waals surface area contributed by atoms with Crippen LogP contribution in [0.3, 0.4) is 0 Å². The molecule has 4 amide bonds. The molecule has 0 bridgehead atoms. The van der Waals surface area contributed by atoms with Crippen LogP contribution in [-0.2, 0) is 29.1 Å². The lowest BCUT2D eigenvalue weighted by Gasteiger charge is -2.35. The number of pyridine rings is 1. The Morgan fingerprint density at radius 2 is 1.80 bits per heavy atom. The molecule has 1 saturated heterocycles. The molecule has 1 aromatic carbocycles. The van der Waals surface area contributed by atoms with Crippen LogP contribution < -0.4 is 24.8 Å². The average Bonchev–Trinajstić information content (AvgIpc) is 4.05. The molecule has 60 heavy (non-hydrogen) atoms.